The summed E-state index contributed by atoms with van der Waals surface area (Å²) in [6.45, 7) is -0.413. The third-order valence-corrected chi connectivity index (χ3v) is 3.64. The predicted octanol–water partition coefficient (Wildman–Crippen LogP) is 0.867. The van der Waals surface area contributed by atoms with Crippen molar-refractivity contribution in [2.45, 2.75) is 32.1 Å². The van der Waals surface area contributed by atoms with Crippen molar-refractivity contribution in [3.05, 3.63) is 0 Å². The van der Waals surface area contributed by atoms with E-state index in [9.17, 15) is 18.4 Å². The molecule has 1 fully saturated rings. The Labute approximate surface area is 110 Å². The molecular formula is C12H19F2NO4. The predicted molar refractivity (Wildman–Crippen MR) is 62.7 cm³/mol. The fraction of sp³-hybridized carbons (Fsp3) is 0.833. The molecule has 1 amide bonds. The van der Waals surface area contributed by atoms with Crippen LogP contribution in [0.3, 0.4) is 0 Å². The zero-order valence-corrected chi connectivity index (χ0v) is 10.7. The molecule has 0 aromatic rings. The highest BCUT2D eigenvalue weighted by Gasteiger charge is 2.42. The van der Waals surface area contributed by atoms with Crippen LogP contribution >= 0.6 is 0 Å². The number of alkyl halides is 2. The van der Waals surface area contributed by atoms with Gasteiger partial charge in [0.2, 0.25) is 5.91 Å². The van der Waals surface area contributed by atoms with Crippen LogP contribution in [0.5, 0.6) is 0 Å². The Hall–Kier alpha value is -1.24. The number of carboxylic acid groups (broad SMARTS) is 1. The smallest absolute Gasteiger partial charge is 0.307 e. The minimum atomic E-state index is -3.38. The number of hydrogen-bond acceptors (Lipinski definition) is 3. The van der Waals surface area contributed by atoms with Crippen molar-refractivity contribution in [1.29, 1.82) is 0 Å². The van der Waals surface area contributed by atoms with Gasteiger partial charge in [0.1, 0.15) is 6.61 Å². The van der Waals surface area contributed by atoms with Crippen LogP contribution in [0.25, 0.3) is 0 Å². The molecule has 0 heterocycles. The standard InChI is InChI=1S/C12H19F2NO4/c1-2-7-3-8(9(4-7)11(18)19)10(17)15-5-12(13,14)6-16/h7-9,16H,2-6H2,1H3,(H,15,17)(H,18,19)/t7?,8-,9+/m0/s1. The summed E-state index contributed by atoms with van der Waals surface area (Å²) in [5.41, 5.74) is 0. The molecule has 1 aliphatic rings. The average Bonchev–Trinajstić information content (AvgIpc) is 2.80. The highest BCUT2D eigenvalue weighted by molar-refractivity contribution is 5.85. The molecular weight excluding hydrogens is 260 g/mol. The Bertz CT molecular complexity index is 349. The van der Waals surface area contributed by atoms with E-state index >= 15 is 0 Å². The van der Waals surface area contributed by atoms with Crippen LogP contribution in [0.1, 0.15) is 26.2 Å². The van der Waals surface area contributed by atoms with Gasteiger partial charge in [-0.15, -0.1) is 0 Å². The molecule has 3 atom stereocenters. The van der Waals surface area contributed by atoms with E-state index in [4.69, 9.17) is 10.2 Å². The molecule has 1 aliphatic carbocycles. The van der Waals surface area contributed by atoms with Crippen LogP contribution in [-0.4, -0.2) is 41.2 Å². The van der Waals surface area contributed by atoms with E-state index in [2.05, 4.69) is 0 Å². The molecule has 3 N–H and O–H groups in total. The average molecular weight is 279 g/mol. The molecule has 1 unspecified atom stereocenters. The van der Waals surface area contributed by atoms with Gasteiger partial charge in [0.15, 0.2) is 0 Å². The molecule has 0 saturated heterocycles. The lowest BCUT2D eigenvalue weighted by molar-refractivity contribution is -0.146. The maximum Gasteiger partial charge on any atom is 0.307 e. The molecule has 19 heavy (non-hydrogen) atoms. The summed E-state index contributed by atoms with van der Waals surface area (Å²) in [6, 6.07) is 0. The lowest BCUT2D eigenvalue weighted by atomic mass is 9.95. The summed E-state index contributed by atoms with van der Waals surface area (Å²) in [6.07, 6.45) is 1.57. The SMILES string of the molecule is CCC1C[C@H](C(=O)NCC(F)(F)CO)[C@H](C(=O)O)C1. The molecule has 0 aliphatic heterocycles. The highest BCUT2D eigenvalue weighted by atomic mass is 19.3. The molecule has 0 spiro atoms. The van der Waals surface area contributed by atoms with E-state index in [1.165, 1.54) is 0 Å². The van der Waals surface area contributed by atoms with Crippen LogP contribution in [0.2, 0.25) is 0 Å². The van der Waals surface area contributed by atoms with Crippen molar-refractivity contribution in [3.8, 4) is 0 Å². The van der Waals surface area contributed by atoms with Crippen molar-refractivity contribution in [2.24, 2.45) is 17.8 Å². The first kappa shape index (κ1) is 15.8. The number of aliphatic hydroxyl groups is 1. The lowest BCUT2D eigenvalue weighted by Crippen LogP contribution is -2.43. The normalized spacial score (nSPS) is 27.3. The summed E-state index contributed by atoms with van der Waals surface area (Å²) < 4.78 is 25.6. The summed E-state index contributed by atoms with van der Waals surface area (Å²) in [4.78, 5) is 22.9. The van der Waals surface area contributed by atoms with Crippen molar-refractivity contribution in [3.63, 3.8) is 0 Å². The van der Waals surface area contributed by atoms with E-state index in [1.54, 1.807) is 0 Å². The monoisotopic (exact) mass is 279 g/mol. The second-order valence-corrected chi connectivity index (χ2v) is 5.03. The molecule has 1 saturated carbocycles. The Morgan fingerprint density at radius 2 is 1.89 bits per heavy atom. The quantitative estimate of drug-likeness (QED) is 0.673. The number of aliphatic hydroxyl groups excluding tert-OH is 1. The lowest BCUT2D eigenvalue weighted by Gasteiger charge is -2.18. The zero-order valence-electron chi connectivity index (χ0n) is 10.7. The second-order valence-electron chi connectivity index (χ2n) is 5.03. The molecule has 0 bridgehead atoms. The Kier molecular flexibility index (Phi) is 5.22. The van der Waals surface area contributed by atoms with E-state index in [0.717, 1.165) is 6.42 Å². The maximum atomic E-state index is 12.8. The highest BCUT2D eigenvalue weighted by Crippen LogP contribution is 2.38. The largest absolute Gasteiger partial charge is 0.481 e. The molecule has 7 heteroatoms. The molecule has 1 rings (SSSR count). The number of hydrogen-bond donors (Lipinski definition) is 3. The molecule has 0 aromatic carbocycles. The number of amides is 1. The van der Waals surface area contributed by atoms with E-state index in [-0.39, 0.29) is 5.92 Å². The Morgan fingerprint density at radius 3 is 2.37 bits per heavy atom. The third kappa shape index (κ3) is 4.12. The first-order valence-corrected chi connectivity index (χ1v) is 6.30. The minimum absolute atomic E-state index is 0.134. The fourth-order valence-corrected chi connectivity index (χ4v) is 2.44. The number of carbonyl (C=O) groups is 2. The van der Waals surface area contributed by atoms with Gasteiger partial charge < -0.3 is 15.5 Å². The number of carbonyl (C=O) groups excluding carboxylic acids is 1. The van der Waals surface area contributed by atoms with E-state index in [1.807, 2.05) is 12.2 Å². The van der Waals surface area contributed by atoms with Gasteiger partial charge in [-0.05, 0) is 18.8 Å². The van der Waals surface area contributed by atoms with Gasteiger partial charge in [-0.1, -0.05) is 13.3 Å². The van der Waals surface area contributed by atoms with Crippen molar-refractivity contribution in [2.75, 3.05) is 13.2 Å². The van der Waals surface area contributed by atoms with Gasteiger partial charge in [0.25, 0.3) is 5.92 Å². The van der Waals surface area contributed by atoms with Crippen molar-refractivity contribution < 1.29 is 28.6 Å². The van der Waals surface area contributed by atoms with Crippen LogP contribution in [0.15, 0.2) is 0 Å². The number of nitrogens with one attached hydrogen (secondary N) is 1. The van der Waals surface area contributed by atoms with Crippen LogP contribution in [0.4, 0.5) is 8.78 Å². The van der Waals surface area contributed by atoms with Gasteiger partial charge >= 0.3 is 5.97 Å². The topological polar surface area (TPSA) is 86.6 Å². The number of carboxylic acids is 1. The summed E-state index contributed by atoms with van der Waals surface area (Å²) in [5.74, 6) is -6.56. The van der Waals surface area contributed by atoms with Gasteiger partial charge in [-0.3, -0.25) is 9.59 Å². The van der Waals surface area contributed by atoms with Crippen LogP contribution in [-0.2, 0) is 9.59 Å². The van der Waals surface area contributed by atoms with Gasteiger partial charge in [-0.25, -0.2) is 8.78 Å². The molecule has 5 nitrogen and oxygen atoms in total. The minimum Gasteiger partial charge on any atom is -0.481 e. The first-order valence-electron chi connectivity index (χ1n) is 6.30. The molecule has 110 valence electrons. The van der Waals surface area contributed by atoms with Crippen LogP contribution < -0.4 is 5.32 Å². The number of rotatable bonds is 6. The van der Waals surface area contributed by atoms with Gasteiger partial charge in [-0.2, -0.15) is 0 Å². The van der Waals surface area contributed by atoms with Crippen molar-refractivity contribution >= 4 is 11.9 Å². The number of aliphatic carboxylic acids is 1. The first-order chi connectivity index (χ1) is 8.80. The fourth-order valence-electron chi connectivity index (χ4n) is 2.44. The van der Waals surface area contributed by atoms with Gasteiger partial charge in [0.05, 0.1) is 18.4 Å². The molecule has 0 radical (unpaired) electrons. The molecule has 0 aromatic heterocycles. The van der Waals surface area contributed by atoms with Crippen LogP contribution in [0, 0.1) is 17.8 Å². The Morgan fingerprint density at radius 1 is 1.32 bits per heavy atom. The summed E-state index contributed by atoms with van der Waals surface area (Å²) in [5, 5.41) is 19.5. The zero-order chi connectivity index (χ0) is 14.6. The maximum absolute atomic E-state index is 12.8. The summed E-state index contributed by atoms with van der Waals surface area (Å²) >= 11 is 0. The van der Waals surface area contributed by atoms with E-state index in [0.29, 0.717) is 12.8 Å². The van der Waals surface area contributed by atoms with Crippen molar-refractivity contribution in [1.82, 2.24) is 5.32 Å². The van der Waals surface area contributed by atoms with Gasteiger partial charge in [0, 0.05) is 0 Å². The second kappa shape index (κ2) is 6.27. The Balaban J connectivity index is 2.62. The number of halogens is 2. The third-order valence-electron chi connectivity index (χ3n) is 3.64. The van der Waals surface area contributed by atoms with E-state index < -0.39 is 42.8 Å². The summed E-state index contributed by atoms with van der Waals surface area (Å²) in [7, 11) is 0.